The number of likely N-dealkylation sites (tertiary alicyclic amines) is 1. The number of anilines is 1. The summed E-state index contributed by atoms with van der Waals surface area (Å²) in [5.41, 5.74) is 7.97. The molecule has 1 aliphatic rings. The van der Waals surface area contributed by atoms with Crippen LogP contribution < -0.4 is 5.73 Å². The normalized spacial score (nSPS) is 20.9. The highest BCUT2D eigenvalue weighted by Crippen LogP contribution is 2.13. The Morgan fingerprint density at radius 1 is 1.47 bits per heavy atom. The quantitative estimate of drug-likeness (QED) is 0.791. The Morgan fingerprint density at radius 2 is 2.35 bits per heavy atom. The number of aryl methyl sites for hydroxylation is 1. The molecule has 0 saturated carbocycles. The van der Waals surface area contributed by atoms with Crippen LogP contribution >= 0.6 is 0 Å². The average molecular weight is 234 g/mol. The van der Waals surface area contributed by atoms with Crippen LogP contribution in [0.1, 0.15) is 18.4 Å². The van der Waals surface area contributed by atoms with Crippen molar-refractivity contribution in [2.75, 3.05) is 32.5 Å². The fourth-order valence-corrected chi connectivity index (χ4v) is 2.45. The Hall–Kier alpha value is -1.06. The molecule has 17 heavy (non-hydrogen) atoms. The van der Waals surface area contributed by atoms with Crippen LogP contribution in [-0.4, -0.2) is 37.7 Å². The van der Waals surface area contributed by atoms with Crippen LogP contribution in [0.5, 0.6) is 0 Å². The molecule has 1 fully saturated rings. The maximum atomic E-state index is 5.76. The molecule has 0 radical (unpaired) electrons. The summed E-state index contributed by atoms with van der Waals surface area (Å²) in [4.78, 5) is 2.49. The van der Waals surface area contributed by atoms with Crippen molar-refractivity contribution in [3.8, 4) is 0 Å². The van der Waals surface area contributed by atoms with Gasteiger partial charge in [-0.05, 0) is 43.5 Å². The van der Waals surface area contributed by atoms with Gasteiger partial charge in [0.05, 0.1) is 6.10 Å². The van der Waals surface area contributed by atoms with Gasteiger partial charge in [-0.2, -0.15) is 0 Å². The zero-order valence-electron chi connectivity index (χ0n) is 10.6. The molecule has 0 bridgehead atoms. The number of methoxy groups -OCH3 is 1. The van der Waals surface area contributed by atoms with E-state index in [0.717, 1.165) is 25.2 Å². The van der Waals surface area contributed by atoms with E-state index in [4.69, 9.17) is 10.5 Å². The minimum absolute atomic E-state index is 0.447. The van der Waals surface area contributed by atoms with Crippen LogP contribution in [0.25, 0.3) is 0 Å². The Kier molecular flexibility index (Phi) is 4.40. The number of rotatable bonds is 5. The third kappa shape index (κ3) is 3.72. The molecule has 94 valence electrons. The molecule has 1 aromatic rings. The maximum absolute atomic E-state index is 5.76. The molecule has 1 aromatic carbocycles. The summed E-state index contributed by atoms with van der Waals surface area (Å²) in [7, 11) is 1.81. The van der Waals surface area contributed by atoms with Gasteiger partial charge < -0.3 is 15.4 Å². The van der Waals surface area contributed by atoms with Crippen molar-refractivity contribution in [2.24, 2.45) is 0 Å². The smallest absolute Gasteiger partial charge is 0.0710 e. The Balaban J connectivity index is 1.70. The van der Waals surface area contributed by atoms with Crippen molar-refractivity contribution in [1.82, 2.24) is 4.90 Å². The fourth-order valence-electron chi connectivity index (χ4n) is 2.45. The van der Waals surface area contributed by atoms with Crippen LogP contribution in [0.4, 0.5) is 5.69 Å². The van der Waals surface area contributed by atoms with Crippen LogP contribution in [0, 0.1) is 0 Å². The highest BCUT2D eigenvalue weighted by molar-refractivity contribution is 5.40. The molecule has 2 N–H and O–H groups in total. The molecule has 1 unspecified atom stereocenters. The van der Waals surface area contributed by atoms with Gasteiger partial charge in [-0.3, -0.25) is 0 Å². The van der Waals surface area contributed by atoms with E-state index in [1.165, 1.54) is 24.9 Å². The van der Waals surface area contributed by atoms with Crippen LogP contribution in [0.3, 0.4) is 0 Å². The molecule has 2 rings (SSSR count). The summed E-state index contributed by atoms with van der Waals surface area (Å²) in [5, 5.41) is 0. The van der Waals surface area contributed by atoms with Crippen molar-refractivity contribution >= 4 is 5.69 Å². The Morgan fingerprint density at radius 3 is 3.06 bits per heavy atom. The lowest BCUT2D eigenvalue weighted by molar-refractivity contribution is 0.108. The Labute approximate surface area is 104 Å². The van der Waals surface area contributed by atoms with Crippen molar-refractivity contribution in [2.45, 2.75) is 25.4 Å². The molecule has 1 aliphatic heterocycles. The van der Waals surface area contributed by atoms with Gasteiger partial charge in [0.1, 0.15) is 0 Å². The molecular formula is C14H22N2O. The fraction of sp³-hybridized carbons (Fsp3) is 0.571. The van der Waals surface area contributed by atoms with Crippen molar-refractivity contribution in [3.05, 3.63) is 29.8 Å². The van der Waals surface area contributed by atoms with E-state index < -0.39 is 0 Å². The number of nitrogens with two attached hydrogens (primary N) is 1. The summed E-state index contributed by atoms with van der Waals surface area (Å²) in [6.45, 7) is 3.43. The molecule has 1 saturated heterocycles. The SMILES string of the molecule is COC1CCN(CCCc2cccc(N)c2)C1. The number of hydrogen-bond acceptors (Lipinski definition) is 3. The highest BCUT2D eigenvalue weighted by Gasteiger charge is 2.20. The second kappa shape index (κ2) is 6.03. The lowest BCUT2D eigenvalue weighted by atomic mass is 10.1. The lowest BCUT2D eigenvalue weighted by Gasteiger charge is -2.15. The summed E-state index contributed by atoms with van der Waals surface area (Å²) in [6, 6.07) is 8.19. The van der Waals surface area contributed by atoms with E-state index in [-0.39, 0.29) is 0 Å². The topological polar surface area (TPSA) is 38.5 Å². The molecule has 3 nitrogen and oxygen atoms in total. The van der Waals surface area contributed by atoms with Crippen molar-refractivity contribution in [3.63, 3.8) is 0 Å². The first kappa shape index (κ1) is 12.4. The maximum Gasteiger partial charge on any atom is 0.0710 e. The van der Waals surface area contributed by atoms with Gasteiger partial charge in [-0.25, -0.2) is 0 Å². The van der Waals surface area contributed by atoms with Gasteiger partial charge in [0, 0.05) is 25.9 Å². The third-order valence-electron chi connectivity index (χ3n) is 3.45. The number of nitrogens with zero attached hydrogens (tertiary/aromatic N) is 1. The van der Waals surface area contributed by atoms with E-state index in [1.54, 1.807) is 7.11 Å². The molecule has 0 aliphatic carbocycles. The molecule has 3 heteroatoms. The Bertz CT molecular complexity index is 354. The summed E-state index contributed by atoms with van der Waals surface area (Å²) < 4.78 is 5.36. The second-order valence-electron chi connectivity index (χ2n) is 4.80. The monoisotopic (exact) mass is 234 g/mol. The molecule has 0 amide bonds. The lowest BCUT2D eigenvalue weighted by Crippen LogP contribution is -2.24. The molecule has 1 atom stereocenters. The average Bonchev–Trinajstić information content (AvgIpc) is 2.77. The van der Waals surface area contributed by atoms with Crippen LogP contribution in [0.2, 0.25) is 0 Å². The first-order valence-electron chi connectivity index (χ1n) is 6.37. The van der Waals surface area contributed by atoms with Crippen LogP contribution in [0.15, 0.2) is 24.3 Å². The van der Waals surface area contributed by atoms with Gasteiger partial charge in [-0.1, -0.05) is 12.1 Å². The minimum Gasteiger partial charge on any atom is -0.399 e. The molecule has 0 aromatic heterocycles. The van der Waals surface area contributed by atoms with Gasteiger partial charge in [0.2, 0.25) is 0 Å². The molecule has 0 spiro atoms. The van der Waals surface area contributed by atoms with Crippen LogP contribution in [-0.2, 0) is 11.2 Å². The number of hydrogen-bond donors (Lipinski definition) is 1. The van der Waals surface area contributed by atoms with Crippen molar-refractivity contribution in [1.29, 1.82) is 0 Å². The number of ether oxygens (including phenoxy) is 1. The van der Waals surface area contributed by atoms with Gasteiger partial charge in [0.15, 0.2) is 0 Å². The first-order valence-corrected chi connectivity index (χ1v) is 6.37. The van der Waals surface area contributed by atoms with Gasteiger partial charge in [-0.15, -0.1) is 0 Å². The zero-order valence-corrected chi connectivity index (χ0v) is 10.6. The summed E-state index contributed by atoms with van der Waals surface area (Å²) in [5.74, 6) is 0. The molecular weight excluding hydrogens is 212 g/mol. The van der Waals surface area contributed by atoms with E-state index >= 15 is 0 Å². The highest BCUT2D eigenvalue weighted by atomic mass is 16.5. The van der Waals surface area contributed by atoms with Gasteiger partial charge >= 0.3 is 0 Å². The summed E-state index contributed by atoms with van der Waals surface area (Å²) in [6.07, 6.45) is 3.93. The minimum atomic E-state index is 0.447. The van der Waals surface area contributed by atoms with E-state index in [0.29, 0.717) is 6.10 Å². The third-order valence-corrected chi connectivity index (χ3v) is 3.45. The van der Waals surface area contributed by atoms with E-state index in [1.807, 2.05) is 12.1 Å². The number of benzene rings is 1. The van der Waals surface area contributed by atoms with E-state index in [9.17, 15) is 0 Å². The largest absolute Gasteiger partial charge is 0.399 e. The second-order valence-corrected chi connectivity index (χ2v) is 4.80. The standard InChI is InChI=1S/C14H22N2O/c1-17-14-7-9-16(11-14)8-3-5-12-4-2-6-13(15)10-12/h2,4,6,10,14H,3,5,7-9,11,15H2,1H3. The predicted molar refractivity (Wildman–Crippen MR) is 71.0 cm³/mol. The van der Waals surface area contributed by atoms with Crippen molar-refractivity contribution < 1.29 is 4.74 Å². The first-order chi connectivity index (χ1) is 8.28. The van der Waals surface area contributed by atoms with E-state index in [2.05, 4.69) is 17.0 Å². The molecule has 1 heterocycles. The predicted octanol–water partition coefficient (Wildman–Crippen LogP) is 1.92. The summed E-state index contributed by atoms with van der Waals surface area (Å²) >= 11 is 0. The van der Waals surface area contributed by atoms with Gasteiger partial charge in [0.25, 0.3) is 0 Å². The number of nitrogen functional groups attached to an aromatic ring is 1. The zero-order chi connectivity index (χ0) is 12.1.